The van der Waals surface area contributed by atoms with E-state index in [0.717, 1.165) is 17.6 Å². The van der Waals surface area contributed by atoms with Crippen molar-refractivity contribution >= 4 is 6.21 Å². The molecule has 2 nitrogen and oxygen atoms in total. The van der Waals surface area contributed by atoms with E-state index in [-0.39, 0.29) is 0 Å². The van der Waals surface area contributed by atoms with Crippen LogP contribution in [0.3, 0.4) is 0 Å². The summed E-state index contributed by atoms with van der Waals surface area (Å²) in [6.45, 7) is 5.52. The zero-order valence-electron chi connectivity index (χ0n) is 6.04. The molecule has 1 aliphatic rings. The molecule has 0 aromatic carbocycles. The topological polar surface area (TPSA) is 32.6 Å². The first kappa shape index (κ1) is 7.22. The van der Waals surface area contributed by atoms with Crippen LogP contribution in [-0.4, -0.2) is 17.4 Å². The van der Waals surface area contributed by atoms with Crippen molar-refractivity contribution in [3.8, 4) is 0 Å². The molecule has 0 bridgehead atoms. The van der Waals surface area contributed by atoms with Crippen LogP contribution in [0.5, 0.6) is 0 Å². The van der Waals surface area contributed by atoms with Gasteiger partial charge in [0.15, 0.2) is 0 Å². The summed E-state index contributed by atoms with van der Waals surface area (Å²) in [5.74, 6) is 0. The fourth-order valence-electron chi connectivity index (χ4n) is 0.908. The summed E-state index contributed by atoms with van der Waals surface area (Å²) >= 11 is 0. The highest BCUT2D eigenvalue weighted by Crippen LogP contribution is 2.17. The number of hydrogen-bond donors (Lipinski definition) is 1. The van der Waals surface area contributed by atoms with E-state index in [2.05, 4.69) is 11.6 Å². The van der Waals surface area contributed by atoms with Gasteiger partial charge in [0.2, 0.25) is 0 Å². The van der Waals surface area contributed by atoms with Crippen molar-refractivity contribution in [2.24, 2.45) is 4.99 Å². The predicted octanol–water partition coefficient (Wildman–Crippen LogP) is 1.28. The van der Waals surface area contributed by atoms with Crippen molar-refractivity contribution in [1.82, 2.24) is 0 Å². The molecule has 1 aliphatic heterocycles. The Hall–Kier alpha value is -0.890. The van der Waals surface area contributed by atoms with Gasteiger partial charge in [0.1, 0.15) is 0 Å². The second-order valence-electron chi connectivity index (χ2n) is 2.40. The Morgan fingerprint density at radius 3 is 2.90 bits per heavy atom. The number of aliphatic hydroxyl groups excluding tert-OH is 1. The van der Waals surface area contributed by atoms with Crippen LogP contribution in [0.25, 0.3) is 0 Å². The third-order valence-corrected chi connectivity index (χ3v) is 1.52. The van der Waals surface area contributed by atoms with Crippen LogP contribution in [0.1, 0.15) is 13.3 Å². The number of aliphatic imine (C=N–C) groups is 1. The Morgan fingerprint density at radius 2 is 2.50 bits per heavy atom. The lowest BCUT2D eigenvalue weighted by Gasteiger charge is -2.13. The maximum Gasteiger partial charge on any atom is 0.0779 e. The average Bonchev–Trinajstić information content (AvgIpc) is 1.88. The lowest BCUT2D eigenvalue weighted by molar-refractivity contribution is 0.233. The Bertz CT molecular complexity index is 201. The maximum absolute atomic E-state index is 9.14. The van der Waals surface area contributed by atoms with Crippen LogP contribution >= 0.6 is 0 Å². The zero-order chi connectivity index (χ0) is 7.56. The van der Waals surface area contributed by atoms with Gasteiger partial charge < -0.3 is 5.11 Å². The van der Waals surface area contributed by atoms with Crippen LogP contribution in [0.15, 0.2) is 28.9 Å². The summed E-state index contributed by atoms with van der Waals surface area (Å²) in [5.41, 5.74) is 1.81. The fraction of sp³-hybridized carbons (Fsp3) is 0.375. The molecule has 0 aromatic heterocycles. The van der Waals surface area contributed by atoms with E-state index in [4.69, 9.17) is 5.11 Å². The van der Waals surface area contributed by atoms with Gasteiger partial charge in [-0.25, -0.2) is 0 Å². The molecule has 0 fully saturated rings. The Morgan fingerprint density at radius 1 is 1.80 bits per heavy atom. The number of aliphatic hydroxyl groups is 1. The van der Waals surface area contributed by atoms with Crippen LogP contribution < -0.4 is 0 Å². The molecule has 1 unspecified atom stereocenters. The van der Waals surface area contributed by atoms with Crippen molar-refractivity contribution < 1.29 is 5.11 Å². The minimum absolute atomic E-state index is 0.440. The van der Waals surface area contributed by atoms with Crippen LogP contribution in [0.4, 0.5) is 0 Å². The molecule has 0 aliphatic carbocycles. The predicted molar refractivity (Wildman–Crippen MR) is 42.0 cm³/mol. The first-order chi connectivity index (χ1) is 4.72. The molecule has 1 heterocycles. The van der Waals surface area contributed by atoms with E-state index in [1.165, 1.54) is 0 Å². The molecule has 0 spiro atoms. The van der Waals surface area contributed by atoms with Crippen molar-refractivity contribution in [3.63, 3.8) is 0 Å². The molecule has 0 aromatic rings. The molecule has 1 atom stereocenters. The van der Waals surface area contributed by atoms with Crippen molar-refractivity contribution in [2.45, 2.75) is 19.4 Å². The lowest BCUT2D eigenvalue weighted by atomic mass is 10.0. The number of hydrogen-bond acceptors (Lipinski definition) is 2. The van der Waals surface area contributed by atoms with Crippen molar-refractivity contribution in [1.29, 1.82) is 0 Å². The largest absolute Gasteiger partial charge is 0.389 e. The molecule has 2 heteroatoms. The molecule has 0 saturated heterocycles. The number of nitrogens with zero attached hydrogens (tertiary/aromatic N) is 1. The minimum atomic E-state index is -0.440. The molecular formula is C8H11NO. The van der Waals surface area contributed by atoms with Gasteiger partial charge in [0.05, 0.1) is 6.10 Å². The highest BCUT2D eigenvalue weighted by Gasteiger charge is 2.09. The van der Waals surface area contributed by atoms with Crippen LogP contribution in [0.2, 0.25) is 0 Å². The zero-order valence-corrected chi connectivity index (χ0v) is 6.04. The SMILES string of the molecule is C=C1CC=NC=C1C(C)O. The third kappa shape index (κ3) is 1.33. The summed E-state index contributed by atoms with van der Waals surface area (Å²) < 4.78 is 0. The third-order valence-electron chi connectivity index (χ3n) is 1.52. The van der Waals surface area contributed by atoms with E-state index < -0.39 is 6.10 Å². The fourth-order valence-corrected chi connectivity index (χ4v) is 0.908. The van der Waals surface area contributed by atoms with Crippen molar-refractivity contribution in [2.75, 3.05) is 0 Å². The van der Waals surface area contributed by atoms with Gasteiger partial charge in [-0.05, 0) is 12.5 Å². The highest BCUT2D eigenvalue weighted by atomic mass is 16.3. The Kier molecular flexibility index (Phi) is 2.02. The van der Waals surface area contributed by atoms with E-state index in [1.54, 1.807) is 19.3 Å². The summed E-state index contributed by atoms with van der Waals surface area (Å²) in [4.78, 5) is 3.92. The average molecular weight is 137 g/mol. The monoisotopic (exact) mass is 137 g/mol. The smallest absolute Gasteiger partial charge is 0.0779 e. The number of rotatable bonds is 1. The second kappa shape index (κ2) is 2.80. The van der Waals surface area contributed by atoms with Crippen LogP contribution in [-0.2, 0) is 0 Å². The normalized spacial score (nSPS) is 20.6. The van der Waals surface area contributed by atoms with Gasteiger partial charge in [-0.1, -0.05) is 6.58 Å². The molecule has 0 amide bonds. The summed E-state index contributed by atoms with van der Waals surface area (Å²) in [5, 5.41) is 9.14. The Labute approximate surface area is 60.6 Å². The van der Waals surface area contributed by atoms with Gasteiger partial charge in [0.25, 0.3) is 0 Å². The van der Waals surface area contributed by atoms with Crippen LogP contribution in [0, 0.1) is 0 Å². The Balaban J connectivity index is 2.80. The molecule has 1 rings (SSSR count). The lowest BCUT2D eigenvalue weighted by Crippen LogP contribution is -2.08. The molecule has 1 N–H and O–H groups in total. The van der Waals surface area contributed by atoms with E-state index in [0.29, 0.717) is 0 Å². The maximum atomic E-state index is 9.14. The summed E-state index contributed by atoms with van der Waals surface area (Å²) in [6, 6.07) is 0. The van der Waals surface area contributed by atoms with Gasteiger partial charge >= 0.3 is 0 Å². The summed E-state index contributed by atoms with van der Waals surface area (Å²) in [7, 11) is 0. The summed E-state index contributed by atoms with van der Waals surface area (Å²) in [6.07, 6.45) is 3.77. The van der Waals surface area contributed by atoms with E-state index in [1.807, 2.05) is 0 Å². The molecule has 0 radical (unpaired) electrons. The first-order valence-corrected chi connectivity index (χ1v) is 3.29. The minimum Gasteiger partial charge on any atom is -0.389 e. The van der Waals surface area contributed by atoms with Gasteiger partial charge in [-0.2, -0.15) is 0 Å². The standard InChI is InChI=1S/C8H11NO/c1-6-3-4-9-5-8(6)7(2)10/h4-5,7,10H,1,3H2,2H3. The highest BCUT2D eigenvalue weighted by molar-refractivity contribution is 5.66. The van der Waals surface area contributed by atoms with E-state index in [9.17, 15) is 0 Å². The van der Waals surface area contributed by atoms with Gasteiger partial charge in [-0.3, -0.25) is 4.99 Å². The van der Waals surface area contributed by atoms with Gasteiger partial charge in [0, 0.05) is 24.4 Å². The molecule has 0 saturated carbocycles. The molecular weight excluding hydrogens is 126 g/mol. The molecule has 54 valence electrons. The molecule has 10 heavy (non-hydrogen) atoms. The first-order valence-electron chi connectivity index (χ1n) is 3.29. The van der Waals surface area contributed by atoms with E-state index >= 15 is 0 Å². The van der Waals surface area contributed by atoms with Crippen molar-refractivity contribution in [3.05, 3.63) is 23.9 Å². The van der Waals surface area contributed by atoms with Gasteiger partial charge in [-0.15, -0.1) is 0 Å². The quantitative estimate of drug-likeness (QED) is 0.580. The second-order valence-corrected chi connectivity index (χ2v) is 2.40.